The number of carbonyl (C=O) groups excluding carboxylic acids is 1. The van der Waals surface area contributed by atoms with Crippen LogP contribution in [-0.4, -0.2) is 27.0 Å². The van der Waals surface area contributed by atoms with Gasteiger partial charge in [0.1, 0.15) is 5.82 Å². The van der Waals surface area contributed by atoms with E-state index in [1.165, 1.54) is 6.07 Å². The molecule has 1 aromatic heterocycles. The fraction of sp³-hybridized carbons (Fsp3) is 0.250. The van der Waals surface area contributed by atoms with E-state index in [1.54, 1.807) is 47.4 Å². The number of amides is 1. The number of aromatic nitrogens is 2. The first kappa shape index (κ1) is 19.0. The Morgan fingerprint density at radius 2 is 1.85 bits per heavy atom. The third-order valence-corrected chi connectivity index (χ3v) is 4.36. The number of rotatable bonds is 6. The van der Waals surface area contributed by atoms with Gasteiger partial charge in [0, 0.05) is 16.6 Å². The summed E-state index contributed by atoms with van der Waals surface area (Å²) in [5, 5.41) is 8.67. The molecule has 3 rings (SSSR count). The molecule has 7 heteroatoms. The van der Waals surface area contributed by atoms with Crippen molar-refractivity contribution >= 4 is 17.5 Å². The summed E-state index contributed by atoms with van der Waals surface area (Å²) in [6.07, 6.45) is -0.0248. The molecule has 1 amide bonds. The molecule has 5 nitrogen and oxygen atoms in total. The Labute approximate surface area is 161 Å². The molecule has 0 bridgehead atoms. The quantitative estimate of drug-likeness (QED) is 0.624. The molecular formula is C20H19ClFN3O2. The van der Waals surface area contributed by atoms with Crippen molar-refractivity contribution in [3.05, 3.63) is 70.8 Å². The standard InChI is InChI=1S/C20H19ClFN3O2/c1-13(2)25(19(26)11-15-5-3-4-6-17(15)22)12-18-23-24-20(27-18)14-7-9-16(21)10-8-14/h3-10,13H,11-12H2,1-2H3. The fourth-order valence-corrected chi connectivity index (χ4v) is 2.76. The van der Waals surface area contributed by atoms with Gasteiger partial charge in [-0.15, -0.1) is 10.2 Å². The van der Waals surface area contributed by atoms with Crippen molar-refractivity contribution in [2.75, 3.05) is 0 Å². The van der Waals surface area contributed by atoms with Crippen LogP contribution in [0.5, 0.6) is 0 Å². The van der Waals surface area contributed by atoms with Gasteiger partial charge in [0.25, 0.3) is 0 Å². The zero-order chi connectivity index (χ0) is 19.4. The zero-order valence-electron chi connectivity index (χ0n) is 15.0. The van der Waals surface area contributed by atoms with Crippen LogP contribution in [0, 0.1) is 5.82 Å². The van der Waals surface area contributed by atoms with Gasteiger partial charge < -0.3 is 9.32 Å². The fourth-order valence-electron chi connectivity index (χ4n) is 2.64. The van der Waals surface area contributed by atoms with Gasteiger partial charge in [-0.3, -0.25) is 4.79 Å². The smallest absolute Gasteiger partial charge is 0.247 e. The van der Waals surface area contributed by atoms with Gasteiger partial charge in [0.05, 0.1) is 13.0 Å². The predicted molar refractivity (Wildman–Crippen MR) is 101 cm³/mol. The van der Waals surface area contributed by atoms with Crippen LogP contribution in [0.1, 0.15) is 25.3 Å². The number of halogens is 2. The predicted octanol–water partition coefficient (Wildman–Crippen LogP) is 4.51. The van der Waals surface area contributed by atoms with E-state index in [1.807, 2.05) is 13.8 Å². The van der Waals surface area contributed by atoms with Gasteiger partial charge in [-0.25, -0.2) is 4.39 Å². The second-order valence-electron chi connectivity index (χ2n) is 6.39. The minimum absolute atomic E-state index is 0.0248. The molecule has 0 saturated carbocycles. The van der Waals surface area contributed by atoms with Crippen LogP contribution in [0.25, 0.3) is 11.5 Å². The highest BCUT2D eigenvalue weighted by Gasteiger charge is 2.21. The van der Waals surface area contributed by atoms with Crippen LogP contribution in [0.15, 0.2) is 52.9 Å². The Morgan fingerprint density at radius 1 is 1.15 bits per heavy atom. The normalized spacial score (nSPS) is 11.0. The maximum Gasteiger partial charge on any atom is 0.247 e. The first-order chi connectivity index (χ1) is 12.9. The Morgan fingerprint density at radius 3 is 2.52 bits per heavy atom. The van der Waals surface area contributed by atoms with Gasteiger partial charge in [-0.1, -0.05) is 29.8 Å². The monoisotopic (exact) mass is 387 g/mol. The first-order valence-corrected chi connectivity index (χ1v) is 8.93. The van der Waals surface area contributed by atoms with Crippen molar-refractivity contribution < 1.29 is 13.6 Å². The van der Waals surface area contributed by atoms with Crippen LogP contribution < -0.4 is 0 Å². The van der Waals surface area contributed by atoms with Crippen LogP contribution in [0.2, 0.25) is 5.02 Å². The summed E-state index contributed by atoms with van der Waals surface area (Å²) in [5.74, 6) is 0.0705. The molecular weight excluding hydrogens is 369 g/mol. The maximum atomic E-state index is 13.8. The van der Waals surface area contributed by atoms with E-state index in [0.29, 0.717) is 22.4 Å². The summed E-state index contributed by atoms with van der Waals surface area (Å²) in [6, 6.07) is 13.2. The number of nitrogens with zero attached hydrogens (tertiary/aromatic N) is 3. The van der Waals surface area contributed by atoms with E-state index in [4.69, 9.17) is 16.0 Å². The molecule has 2 aromatic carbocycles. The summed E-state index contributed by atoms with van der Waals surface area (Å²) >= 11 is 5.88. The molecule has 1 heterocycles. The molecule has 0 unspecified atom stereocenters. The van der Waals surface area contributed by atoms with Gasteiger partial charge >= 0.3 is 0 Å². The molecule has 3 aromatic rings. The minimum atomic E-state index is -0.391. The topological polar surface area (TPSA) is 59.2 Å². The van der Waals surface area contributed by atoms with E-state index in [-0.39, 0.29) is 24.9 Å². The Kier molecular flexibility index (Phi) is 5.86. The Hall–Kier alpha value is -2.73. The summed E-state index contributed by atoms with van der Waals surface area (Å²) in [4.78, 5) is 14.3. The lowest BCUT2D eigenvalue weighted by Gasteiger charge is -2.25. The molecule has 27 heavy (non-hydrogen) atoms. The van der Waals surface area contributed by atoms with Crippen LogP contribution >= 0.6 is 11.6 Å². The second kappa shape index (κ2) is 8.31. The molecule has 0 aliphatic carbocycles. The van der Waals surface area contributed by atoms with Crippen molar-refractivity contribution in [3.63, 3.8) is 0 Å². The van der Waals surface area contributed by atoms with Gasteiger partial charge in [-0.05, 0) is 49.7 Å². The molecule has 140 valence electrons. The van der Waals surface area contributed by atoms with E-state index in [2.05, 4.69) is 10.2 Å². The summed E-state index contributed by atoms with van der Waals surface area (Å²) in [7, 11) is 0. The highest BCUT2D eigenvalue weighted by Crippen LogP contribution is 2.21. The lowest BCUT2D eigenvalue weighted by atomic mass is 10.1. The highest BCUT2D eigenvalue weighted by molar-refractivity contribution is 6.30. The summed E-state index contributed by atoms with van der Waals surface area (Å²) in [5.41, 5.74) is 1.10. The van der Waals surface area contributed by atoms with Crippen molar-refractivity contribution in [1.82, 2.24) is 15.1 Å². The molecule has 0 fully saturated rings. The molecule has 0 radical (unpaired) electrons. The van der Waals surface area contributed by atoms with E-state index in [0.717, 1.165) is 5.56 Å². The second-order valence-corrected chi connectivity index (χ2v) is 6.83. The number of hydrogen-bond donors (Lipinski definition) is 0. The third kappa shape index (κ3) is 4.71. The SMILES string of the molecule is CC(C)N(Cc1nnc(-c2ccc(Cl)cc2)o1)C(=O)Cc1ccccc1F. The van der Waals surface area contributed by atoms with Crippen molar-refractivity contribution in [3.8, 4) is 11.5 Å². The van der Waals surface area contributed by atoms with Crippen LogP contribution in [0.3, 0.4) is 0 Å². The largest absolute Gasteiger partial charge is 0.419 e. The van der Waals surface area contributed by atoms with Crippen molar-refractivity contribution in [2.45, 2.75) is 32.9 Å². The summed E-state index contributed by atoms with van der Waals surface area (Å²) < 4.78 is 19.5. The molecule has 0 spiro atoms. The van der Waals surface area contributed by atoms with Crippen molar-refractivity contribution in [2.24, 2.45) is 0 Å². The van der Waals surface area contributed by atoms with E-state index in [9.17, 15) is 9.18 Å². The average molecular weight is 388 g/mol. The number of benzene rings is 2. The summed E-state index contributed by atoms with van der Waals surface area (Å²) in [6.45, 7) is 3.93. The molecule has 0 saturated heterocycles. The Bertz CT molecular complexity index is 925. The van der Waals surface area contributed by atoms with Gasteiger partial charge in [0.15, 0.2) is 0 Å². The first-order valence-electron chi connectivity index (χ1n) is 8.55. The van der Waals surface area contributed by atoms with Crippen LogP contribution in [-0.2, 0) is 17.8 Å². The zero-order valence-corrected chi connectivity index (χ0v) is 15.8. The van der Waals surface area contributed by atoms with Gasteiger partial charge in [-0.2, -0.15) is 0 Å². The van der Waals surface area contributed by atoms with Gasteiger partial charge in [0.2, 0.25) is 17.7 Å². The lowest BCUT2D eigenvalue weighted by Crippen LogP contribution is -2.37. The Balaban J connectivity index is 1.74. The molecule has 0 N–H and O–H groups in total. The van der Waals surface area contributed by atoms with E-state index >= 15 is 0 Å². The minimum Gasteiger partial charge on any atom is -0.419 e. The highest BCUT2D eigenvalue weighted by atomic mass is 35.5. The number of hydrogen-bond acceptors (Lipinski definition) is 4. The average Bonchev–Trinajstić information content (AvgIpc) is 3.10. The van der Waals surface area contributed by atoms with Crippen molar-refractivity contribution in [1.29, 1.82) is 0 Å². The van der Waals surface area contributed by atoms with Crippen LogP contribution in [0.4, 0.5) is 4.39 Å². The maximum absolute atomic E-state index is 13.8. The molecule has 0 atom stereocenters. The molecule has 0 aliphatic rings. The number of carbonyl (C=O) groups is 1. The molecule has 0 aliphatic heterocycles. The third-order valence-electron chi connectivity index (χ3n) is 4.11. The van der Waals surface area contributed by atoms with E-state index < -0.39 is 5.82 Å². The lowest BCUT2D eigenvalue weighted by molar-refractivity contribution is -0.133.